The van der Waals surface area contributed by atoms with Gasteiger partial charge in [-0.2, -0.15) is 0 Å². The van der Waals surface area contributed by atoms with E-state index < -0.39 is 0 Å². The molecule has 2 N–H and O–H groups in total. The van der Waals surface area contributed by atoms with Gasteiger partial charge in [-0.25, -0.2) is 9.97 Å². The van der Waals surface area contributed by atoms with Crippen molar-refractivity contribution in [3.05, 3.63) is 40.1 Å². The van der Waals surface area contributed by atoms with Crippen LogP contribution in [-0.4, -0.2) is 15.9 Å². The van der Waals surface area contributed by atoms with Crippen LogP contribution in [0.1, 0.15) is 11.3 Å². The van der Waals surface area contributed by atoms with Gasteiger partial charge in [0.15, 0.2) is 0 Å². The zero-order valence-corrected chi connectivity index (χ0v) is 11.8. The molecule has 6 heteroatoms. The minimum Gasteiger partial charge on any atom is -0.326 e. The summed E-state index contributed by atoms with van der Waals surface area (Å²) < 4.78 is 0.877. The molecule has 1 aliphatic heterocycles. The van der Waals surface area contributed by atoms with Crippen LogP contribution < -0.4 is 10.6 Å². The van der Waals surface area contributed by atoms with Crippen LogP contribution >= 0.6 is 15.9 Å². The van der Waals surface area contributed by atoms with Crippen molar-refractivity contribution in [2.45, 2.75) is 13.3 Å². The zero-order chi connectivity index (χ0) is 13.4. The van der Waals surface area contributed by atoms with Gasteiger partial charge in [0.25, 0.3) is 0 Å². The lowest BCUT2D eigenvalue weighted by molar-refractivity contribution is -0.115. The van der Waals surface area contributed by atoms with E-state index in [2.05, 4.69) is 36.5 Å². The predicted octanol–water partition coefficient (Wildman–Crippen LogP) is 2.79. The SMILES string of the molecule is Cc1nc(Nc2ccc3c(c2)CC(=O)N3)ncc1Br. The average Bonchev–Trinajstić information content (AvgIpc) is 2.73. The molecule has 0 aliphatic carbocycles. The van der Waals surface area contributed by atoms with Crippen LogP contribution in [0.3, 0.4) is 0 Å². The van der Waals surface area contributed by atoms with Gasteiger partial charge >= 0.3 is 0 Å². The molecule has 1 aliphatic rings. The fourth-order valence-electron chi connectivity index (χ4n) is 1.95. The molecule has 1 aromatic carbocycles. The first-order valence-electron chi connectivity index (χ1n) is 5.81. The highest BCUT2D eigenvalue weighted by atomic mass is 79.9. The molecule has 19 heavy (non-hydrogen) atoms. The Bertz CT molecular complexity index is 672. The summed E-state index contributed by atoms with van der Waals surface area (Å²) in [5, 5.41) is 5.94. The van der Waals surface area contributed by atoms with E-state index in [9.17, 15) is 4.79 Å². The lowest BCUT2D eigenvalue weighted by atomic mass is 10.1. The van der Waals surface area contributed by atoms with Crippen molar-refractivity contribution in [2.75, 3.05) is 10.6 Å². The molecule has 0 radical (unpaired) electrons. The number of fused-ring (bicyclic) bond motifs is 1. The van der Waals surface area contributed by atoms with Crippen molar-refractivity contribution < 1.29 is 4.79 Å². The number of rotatable bonds is 2. The summed E-state index contributed by atoms with van der Waals surface area (Å²) in [5.74, 6) is 0.570. The van der Waals surface area contributed by atoms with E-state index in [4.69, 9.17) is 0 Å². The Kier molecular flexibility index (Phi) is 2.94. The Morgan fingerprint density at radius 1 is 1.42 bits per heavy atom. The number of amides is 1. The number of benzene rings is 1. The number of carbonyl (C=O) groups excluding carboxylic acids is 1. The van der Waals surface area contributed by atoms with Gasteiger partial charge in [0.2, 0.25) is 11.9 Å². The molecule has 2 heterocycles. The van der Waals surface area contributed by atoms with Gasteiger partial charge in [0.1, 0.15) is 0 Å². The van der Waals surface area contributed by atoms with Crippen LogP contribution in [0, 0.1) is 6.92 Å². The van der Waals surface area contributed by atoms with Crippen LogP contribution in [0.4, 0.5) is 17.3 Å². The second-order valence-corrected chi connectivity index (χ2v) is 5.20. The first-order valence-corrected chi connectivity index (χ1v) is 6.60. The quantitative estimate of drug-likeness (QED) is 0.893. The first-order chi connectivity index (χ1) is 9.11. The van der Waals surface area contributed by atoms with Crippen LogP contribution in [0.15, 0.2) is 28.9 Å². The molecule has 0 unspecified atom stereocenters. The highest BCUT2D eigenvalue weighted by Gasteiger charge is 2.17. The molecule has 0 fully saturated rings. The number of halogens is 1. The molecular weight excluding hydrogens is 308 g/mol. The topological polar surface area (TPSA) is 66.9 Å². The molecule has 0 saturated heterocycles. The summed E-state index contributed by atoms with van der Waals surface area (Å²) in [6.45, 7) is 1.90. The third-order valence-corrected chi connectivity index (χ3v) is 3.68. The second-order valence-electron chi connectivity index (χ2n) is 4.35. The Morgan fingerprint density at radius 2 is 2.26 bits per heavy atom. The maximum atomic E-state index is 11.3. The number of nitrogens with zero attached hydrogens (tertiary/aromatic N) is 2. The number of carbonyl (C=O) groups is 1. The van der Waals surface area contributed by atoms with Gasteiger partial charge in [0, 0.05) is 17.6 Å². The van der Waals surface area contributed by atoms with Gasteiger partial charge < -0.3 is 10.6 Å². The minimum atomic E-state index is 0.0305. The molecule has 0 saturated carbocycles. The maximum absolute atomic E-state index is 11.3. The number of aryl methyl sites for hydroxylation is 1. The van der Waals surface area contributed by atoms with Crippen LogP contribution in [-0.2, 0) is 11.2 Å². The van der Waals surface area contributed by atoms with Gasteiger partial charge in [0.05, 0.1) is 16.6 Å². The predicted molar refractivity (Wildman–Crippen MR) is 76.5 cm³/mol. The van der Waals surface area contributed by atoms with E-state index in [1.54, 1.807) is 6.20 Å². The Labute approximate surface area is 118 Å². The van der Waals surface area contributed by atoms with Crippen LogP contribution in [0.25, 0.3) is 0 Å². The molecule has 1 amide bonds. The maximum Gasteiger partial charge on any atom is 0.228 e. The lowest BCUT2D eigenvalue weighted by Crippen LogP contribution is -2.03. The van der Waals surface area contributed by atoms with Gasteiger partial charge in [-0.1, -0.05) is 0 Å². The van der Waals surface area contributed by atoms with Crippen LogP contribution in [0.2, 0.25) is 0 Å². The van der Waals surface area contributed by atoms with Gasteiger partial charge in [-0.05, 0) is 46.6 Å². The van der Waals surface area contributed by atoms with Gasteiger partial charge in [-0.3, -0.25) is 4.79 Å². The fourth-order valence-corrected chi connectivity index (χ4v) is 2.14. The highest BCUT2D eigenvalue weighted by Crippen LogP contribution is 2.27. The van der Waals surface area contributed by atoms with E-state index >= 15 is 0 Å². The third kappa shape index (κ3) is 2.44. The van der Waals surface area contributed by atoms with E-state index in [-0.39, 0.29) is 5.91 Å². The molecule has 2 aromatic rings. The Balaban J connectivity index is 1.86. The molecule has 0 atom stereocenters. The van der Waals surface area contributed by atoms with E-state index in [1.807, 2.05) is 25.1 Å². The standard InChI is InChI=1S/C13H11BrN4O/c1-7-10(14)6-15-13(16-7)17-9-2-3-11-8(4-9)5-12(19)18-11/h2-4,6H,5H2,1H3,(H,18,19)(H,15,16,17). The van der Waals surface area contributed by atoms with Crippen molar-refractivity contribution in [2.24, 2.45) is 0 Å². The molecule has 96 valence electrons. The van der Waals surface area contributed by atoms with Crippen molar-refractivity contribution in [3.8, 4) is 0 Å². The molecule has 1 aromatic heterocycles. The number of hydrogen-bond donors (Lipinski definition) is 2. The smallest absolute Gasteiger partial charge is 0.228 e. The largest absolute Gasteiger partial charge is 0.326 e. The monoisotopic (exact) mass is 318 g/mol. The number of anilines is 3. The highest BCUT2D eigenvalue weighted by molar-refractivity contribution is 9.10. The summed E-state index contributed by atoms with van der Waals surface area (Å²) in [7, 11) is 0. The van der Waals surface area contributed by atoms with Crippen molar-refractivity contribution in [1.82, 2.24) is 9.97 Å². The summed E-state index contributed by atoms with van der Waals surface area (Å²) in [4.78, 5) is 19.8. The van der Waals surface area contributed by atoms with E-state index in [1.165, 1.54) is 0 Å². The molecule has 0 spiro atoms. The number of hydrogen-bond acceptors (Lipinski definition) is 4. The molecule has 0 bridgehead atoms. The number of nitrogens with one attached hydrogen (secondary N) is 2. The zero-order valence-electron chi connectivity index (χ0n) is 10.2. The summed E-state index contributed by atoms with van der Waals surface area (Å²) >= 11 is 3.36. The minimum absolute atomic E-state index is 0.0305. The van der Waals surface area contributed by atoms with E-state index in [0.29, 0.717) is 12.4 Å². The number of aromatic nitrogens is 2. The lowest BCUT2D eigenvalue weighted by Gasteiger charge is -2.07. The molecule has 5 nitrogen and oxygen atoms in total. The van der Waals surface area contributed by atoms with Crippen molar-refractivity contribution >= 4 is 39.2 Å². The molecule has 3 rings (SSSR count). The summed E-state index contributed by atoms with van der Waals surface area (Å²) in [6, 6.07) is 5.72. The Hall–Kier alpha value is -1.95. The molecular formula is C13H11BrN4O. The van der Waals surface area contributed by atoms with E-state index in [0.717, 1.165) is 27.1 Å². The third-order valence-electron chi connectivity index (χ3n) is 2.91. The van der Waals surface area contributed by atoms with Crippen molar-refractivity contribution in [3.63, 3.8) is 0 Å². The van der Waals surface area contributed by atoms with Crippen molar-refractivity contribution in [1.29, 1.82) is 0 Å². The van der Waals surface area contributed by atoms with Crippen LogP contribution in [0.5, 0.6) is 0 Å². The fraction of sp³-hybridized carbons (Fsp3) is 0.154. The Morgan fingerprint density at radius 3 is 3.05 bits per heavy atom. The summed E-state index contributed by atoms with van der Waals surface area (Å²) in [5.41, 5.74) is 3.61. The first kappa shape index (κ1) is 12.1. The average molecular weight is 319 g/mol. The second kappa shape index (κ2) is 4.62. The summed E-state index contributed by atoms with van der Waals surface area (Å²) in [6.07, 6.45) is 2.13. The van der Waals surface area contributed by atoms with Gasteiger partial charge in [-0.15, -0.1) is 0 Å². The normalized spacial score (nSPS) is 13.1.